The van der Waals surface area contributed by atoms with Crippen LogP contribution in [0.15, 0.2) is 12.3 Å². The Hall–Kier alpha value is -0.0700. The summed E-state index contributed by atoms with van der Waals surface area (Å²) in [6, 6.07) is 1.86. The first-order valence-corrected chi connectivity index (χ1v) is 3.92. The highest BCUT2D eigenvalue weighted by Gasteiger charge is 1.96. The number of anilines is 1. The first-order chi connectivity index (χ1) is 4.74. The second kappa shape index (κ2) is 4.74. The standard InChI is InChI=1S/C6H8IN3.ClH/c7-4-1-5(9)6(2-8)10-3-4;/h1,3H,2,8-9H2;1H. The molecule has 0 amide bonds. The first kappa shape index (κ1) is 10.9. The van der Waals surface area contributed by atoms with Gasteiger partial charge in [0, 0.05) is 16.3 Å². The van der Waals surface area contributed by atoms with Gasteiger partial charge in [-0.1, -0.05) is 0 Å². The Balaban J connectivity index is 0.000001000. The summed E-state index contributed by atoms with van der Waals surface area (Å²) >= 11 is 2.16. The van der Waals surface area contributed by atoms with E-state index >= 15 is 0 Å². The molecule has 4 N–H and O–H groups in total. The van der Waals surface area contributed by atoms with Gasteiger partial charge in [0.2, 0.25) is 0 Å². The maximum absolute atomic E-state index is 5.58. The van der Waals surface area contributed by atoms with Gasteiger partial charge in [-0.2, -0.15) is 0 Å². The van der Waals surface area contributed by atoms with Crippen molar-refractivity contribution in [1.82, 2.24) is 4.98 Å². The van der Waals surface area contributed by atoms with E-state index in [2.05, 4.69) is 27.6 Å². The maximum Gasteiger partial charge on any atom is 0.0769 e. The first-order valence-electron chi connectivity index (χ1n) is 2.84. The molecule has 0 aromatic carbocycles. The van der Waals surface area contributed by atoms with Crippen molar-refractivity contribution in [2.75, 3.05) is 5.73 Å². The Kier molecular flexibility index (Phi) is 4.71. The van der Waals surface area contributed by atoms with Crippen LogP contribution in [-0.2, 0) is 6.54 Å². The summed E-state index contributed by atoms with van der Waals surface area (Å²) in [4.78, 5) is 4.04. The number of hydrogen-bond donors (Lipinski definition) is 2. The predicted molar refractivity (Wildman–Crippen MR) is 56.5 cm³/mol. The molecule has 3 nitrogen and oxygen atoms in total. The fraction of sp³-hybridized carbons (Fsp3) is 0.167. The van der Waals surface area contributed by atoms with E-state index in [0.717, 1.165) is 9.26 Å². The van der Waals surface area contributed by atoms with E-state index in [9.17, 15) is 0 Å². The van der Waals surface area contributed by atoms with Gasteiger partial charge in [-0.3, -0.25) is 4.98 Å². The average Bonchev–Trinajstić information content (AvgIpc) is 1.88. The molecule has 0 aliphatic carbocycles. The maximum atomic E-state index is 5.58. The third kappa shape index (κ3) is 2.80. The number of rotatable bonds is 1. The lowest BCUT2D eigenvalue weighted by molar-refractivity contribution is 0.993. The number of nitrogens with zero attached hydrogens (tertiary/aromatic N) is 1. The number of aromatic nitrogens is 1. The fourth-order valence-corrected chi connectivity index (χ4v) is 1.13. The smallest absolute Gasteiger partial charge is 0.0769 e. The zero-order valence-corrected chi connectivity index (χ0v) is 8.72. The molecule has 0 aliphatic heterocycles. The van der Waals surface area contributed by atoms with Gasteiger partial charge < -0.3 is 11.5 Å². The van der Waals surface area contributed by atoms with Crippen LogP contribution in [0, 0.1) is 3.57 Å². The van der Waals surface area contributed by atoms with Crippen molar-refractivity contribution in [3.8, 4) is 0 Å². The number of nitrogen functional groups attached to an aromatic ring is 1. The summed E-state index contributed by atoms with van der Waals surface area (Å²) in [6.45, 7) is 0.406. The zero-order chi connectivity index (χ0) is 7.56. The molecule has 0 spiro atoms. The van der Waals surface area contributed by atoms with Crippen LogP contribution in [0.4, 0.5) is 5.69 Å². The van der Waals surface area contributed by atoms with Crippen LogP contribution < -0.4 is 11.5 Å². The van der Waals surface area contributed by atoms with E-state index in [-0.39, 0.29) is 12.4 Å². The molecule has 62 valence electrons. The molecule has 11 heavy (non-hydrogen) atoms. The largest absolute Gasteiger partial charge is 0.397 e. The lowest BCUT2D eigenvalue weighted by atomic mass is 10.3. The van der Waals surface area contributed by atoms with Crippen molar-refractivity contribution in [2.45, 2.75) is 6.54 Å². The second-order valence-electron chi connectivity index (χ2n) is 1.89. The topological polar surface area (TPSA) is 64.9 Å². The van der Waals surface area contributed by atoms with Crippen LogP contribution in [0.25, 0.3) is 0 Å². The molecule has 0 saturated carbocycles. The van der Waals surface area contributed by atoms with Gasteiger partial charge in [-0.15, -0.1) is 12.4 Å². The molecule has 5 heteroatoms. The van der Waals surface area contributed by atoms with Gasteiger partial charge in [0.15, 0.2) is 0 Å². The fourth-order valence-electron chi connectivity index (χ4n) is 0.654. The number of hydrogen-bond acceptors (Lipinski definition) is 3. The van der Waals surface area contributed by atoms with Crippen LogP contribution in [0.3, 0.4) is 0 Å². The minimum Gasteiger partial charge on any atom is -0.397 e. The molecule has 0 bridgehead atoms. The monoisotopic (exact) mass is 285 g/mol. The Labute approximate surface area is 85.1 Å². The van der Waals surface area contributed by atoms with Crippen LogP contribution in [-0.4, -0.2) is 4.98 Å². The lowest BCUT2D eigenvalue weighted by Crippen LogP contribution is -2.04. The average molecular weight is 286 g/mol. The van der Waals surface area contributed by atoms with Gasteiger partial charge in [-0.25, -0.2) is 0 Å². The van der Waals surface area contributed by atoms with Gasteiger partial charge >= 0.3 is 0 Å². The highest BCUT2D eigenvalue weighted by atomic mass is 127. The van der Waals surface area contributed by atoms with Crippen LogP contribution in [0.1, 0.15) is 5.69 Å². The van der Waals surface area contributed by atoms with Gasteiger partial charge in [0.25, 0.3) is 0 Å². The molecule has 0 saturated heterocycles. The number of pyridine rings is 1. The zero-order valence-electron chi connectivity index (χ0n) is 5.75. The summed E-state index contributed by atoms with van der Waals surface area (Å²) in [5.74, 6) is 0. The Morgan fingerprint density at radius 1 is 1.55 bits per heavy atom. The molecule has 0 unspecified atom stereocenters. The van der Waals surface area contributed by atoms with Gasteiger partial charge in [0.05, 0.1) is 11.4 Å². The quantitative estimate of drug-likeness (QED) is 0.761. The van der Waals surface area contributed by atoms with Gasteiger partial charge in [-0.05, 0) is 28.7 Å². The summed E-state index contributed by atoms with van der Waals surface area (Å²) in [5.41, 5.74) is 12.4. The SMILES string of the molecule is Cl.NCc1ncc(I)cc1N. The van der Waals surface area contributed by atoms with E-state index in [1.54, 1.807) is 6.20 Å². The summed E-state index contributed by atoms with van der Waals surface area (Å²) < 4.78 is 1.03. The van der Waals surface area contributed by atoms with Gasteiger partial charge in [0.1, 0.15) is 0 Å². The van der Waals surface area contributed by atoms with E-state index < -0.39 is 0 Å². The van der Waals surface area contributed by atoms with Crippen LogP contribution in [0.2, 0.25) is 0 Å². The number of halogens is 2. The van der Waals surface area contributed by atoms with E-state index in [4.69, 9.17) is 11.5 Å². The molecule has 1 rings (SSSR count). The van der Waals surface area contributed by atoms with Crippen molar-refractivity contribution < 1.29 is 0 Å². The van der Waals surface area contributed by atoms with Crippen molar-refractivity contribution >= 4 is 40.7 Å². The molecule has 1 heterocycles. The Bertz CT molecular complexity index is 241. The summed E-state index contributed by atoms with van der Waals surface area (Å²) in [7, 11) is 0. The minimum atomic E-state index is 0. The van der Waals surface area contributed by atoms with E-state index in [0.29, 0.717) is 12.2 Å². The molecular weight excluding hydrogens is 276 g/mol. The molecule has 0 atom stereocenters. The molecule has 0 fully saturated rings. The predicted octanol–water partition coefficient (Wildman–Crippen LogP) is 1.15. The second-order valence-corrected chi connectivity index (χ2v) is 3.14. The molecule has 0 aliphatic rings. The normalized spacial score (nSPS) is 8.91. The molecule has 1 aromatic rings. The Morgan fingerprint density at radius 2 is 2.18 bits per heavy atom. The minimum absolute atomic E-state index is 0. The van der Waals surface area contributed by atoms with Crippen LogP contribution in [0.5, 0.6) is 0 Å². The van der Waals surface area contributed by atoms with Crippen molar-refractivity contribution in [1.29, 1.82) is 0 Å². The third-order valence-electron chi connectivity index (χ3n) is 1.16. The highest BCUT2D eigenvalue weighted by molar-refractivity contribution is 14.1. The highest BCUT2D eigenvalue weighted by Crippen LogP contribution is 2.11. The number of nitrogens with two attached hydrogens (primary N) is 2. The van der Waals surface area contributed by atoms with E-state index in [1.807, 2.05) is 6.07 Å². The molecular formula is C6H9ClIN3. The van der Waals surface area contributed by atoms with Crippen LogP contribution >= 0.6 is 35.0 Å². The van der Waals surface area contributed by atoms with Crippen molar-refractivity contribution in [3.63, 3.8) is 0 Å². The molecule has 1 aromatic heterocycles. The van der Waals surface area contributed by atoms with Crippen molar-refractivity contribution in [3.05, 3.63) is 21.5 Å². The third-order valence-corrected chi connectivity index (χ3v) is 1.75. The molecule has 0 radical (unpaired) electrons. The van der Waals surface area contributed by atoms with E-state index in [1.165, 1.54) is 0 Å². The summed E-state index contributed by atoms with van der Waals surface area (Å²) in [5, 5.41) is 0. The lowest BCUT2D eigenvalue weighted by Gasteiger charge is -1.99. The Morgan fingerprint density at radius 3 is 2.64 bits per heavy atom. The summed E-state index contributed by atoms with van der Waals surface area (Å²) in [6.07, 6.45) is 1.75. The van der Waals surface area contributed by atoms with Crippen molar-refractivity contribution in [2.24, 2.45) is 5.73 Å².